The summed E-state index contributed by atoms with van der Waals surface area (Å²) < 4.78 is 12.1. The monoisotopic (exact) mass is 358 g/mol. The van der Waals surface area contributed by atoms with Crippen LogP contribution >= 0.6 is 11.6 Å². The predicted molar refractivity (Wildman–Crippen MR) is 104 cm³/mol. The average Bonchev–Trinajstić information content (AvgIpc) is 2.76. The second-order valence-corrected chi connectivity index (χ2v) is 7.91. The first-order valence-corrected chi connectivity index (χ1v) is 8.83. The Bertz CT molecular complexity index is 736. The van der Waals surface area contributed by atoms with Gasteiger partial charge in [0.2, 0.25) is 0 Å². The average molecular weight is 359 g/mol. The third-order valence-corrected chi connectivity index (χ3v) is 5.27. The zero-order valence-corrected chi connectivity index (χ0v) is 16.2. The van der Waals surface area contributed by atoms with E-state index in [1.165, 1.54) is 5.56 Å². The van der Waals surface area contributed by atoms with Gasteiger partial charge in [-0.05, 0) is 39.3 Å². The zero-order valence-electron chi connectivity index (χ0n) is 15.4. The van der Waals surface area contributed by atoms with Gasteiger partial charge in [0.05, 0.1) is 16.2 Å². The number of anilines is 1. The van der Waals surface area contributed by atoms with Crippen molar-refractivity contribution in [1.29, 1.82) is 0 Å². The first kappa shape index (κ1) is 18.2. The maximum absolute atomic E-state index is 6.50. The summed E-state index contributed by atoms with van der Waals surface area (Å²) in [4.78, 5) is 6.58. The molecular formula is C19H24BClN2O2. The molecule has 6 heteroatoms. The minimum absolute atomic E-state index is 0.382. The Morgan fingerprint density at radius 1 is 1.08 bits per heavy atom. The summed E-state index contributed by atoms with van der Waals surface area (Å²) in [6, 6.07) is 12.1. The maximum atomic E-state index is 6.50. The SMILES string of the molecule is CN(Cc1ccccc1)c1ncc(B2OC(C)(C)C(C)(C)O2)cc1Cl. The standard InChI is InChI=1S/C19H24BClN2O2/c1-18(2)19(3,4)25-20(24-18)15-11-16(21)17(22-12-15)23(5)13-14-9-7-6-8-10-14/h6-12H,13H2,1-5H3. The molecule has 0 amide bonds. The van der Waals surface area contributed by atoms with Crippen LogP contribution in [-0.2, 0) is 15.9 Å². The topological polar surface area (TPSA) is 34.6 Å². The second-order valence-electron chi connectivity index (χ2n) is 7.50. The summed E-state index contributed by atoms with van der Waals surface area (Å²) in [6.07, 6.45) is 1.78. The number of hydrogen-bond donors (Lipinski definition) is 0. The van der Waals surface area contributed by atoms with E-state index in [0.717, 1.165) is 17.8 Å². The summed E-state index contributed by atoms with van der Waals surface area (Å²) in [6.45, 7) is 8.87. The highest BCUT2D eigenvalue weighted by Gasteiger charge is 2.51. The van der Waals surface area contributed by atoms with Gasteiger partial charge in [-0.3, -0.25) is 0 Å². The molecule has 1 aliphatic rings. The van der Waals surface area contributed by atoms with Gasteiger partial charge >= 0.3 is 7.12 Å². The van der Waals surface area contributed by atoms with E-state index >= 15 is 0 Å². The Labute approximate surface area is 155 Å². The molecule has 0 radical (unpaired) electrons. The van der Waals surface area contributed by atoms with Gasteiger partial charge in [-0.25, -0.2) is 4.98 Å². The number of pyridine rings is 1. The van der Waals surface area contributed by atoms with Crippen molar-refractivity contribution in [2.75, 3.05) is 11.9 Å². The first-order chi connectivity index (χ1) is 11.7. The van der Waals surface area contributed by atoms with Crippen molar-refractivity contribution in [3.8, 4) is 0 Å². The van der Waals surface area contributed by atoms with Crippen LogP contribution in [0.5, 0.6) is 0 Å². The molecule has 2 aromatic rings. The van der Waals surface area contributed by atoms with Crippen LogP contribution in [0.4, 0.5) is 5.82 Å². The highest BCUT2D eigenvalue weighted by molar-refractivity contribution is 6.62. The fraction of sp³-hybridized carbons (Fsp3) is 0.421. The van der Waals surface area contributed by atoms with Gasteiger partial charge in [0.15, 0.2) is 0 Å². The molecule has 0 spiro atoms. The molecule has 2 heterocycles. The van der Waals surface area contributed by atoms with Gasteiger partial charge < -0.3 is 14.2 Å². The quantitative estimate of drug-likeness (QED) is 0.781. The molecule has 4 nitrogen and oxygen atoms in total. The van der Waals surface area contributed by atoms with Crippen LogP contribution in [0.25, 0.3) is 0 Å². The van der Waals surface area contributed by atoms with E-state index in [-0.39, 0.29) is 11.2 Å². The molecule has 0 atom stereocenters. The van der Waals surface area contributed by atoms with Crippen LogP contribution < -0.4 is 10.4 Å². The lowest BCUT2D eigenvalue weighted by Gasteiger charge is -2.32. The predicted octanol–water partition coefficient (Wildman–Crippen LogP) is 3.67. The Kier molecular flexibility index (Phi) is 4.84. The van der Waals surface area contributed by atoms with Crippen LogP contribution in [0.15, 0.2) is 42.6 Å². The third-order valence-electron chi connectivity index (χ3n) is 4.99. The summed E-state index contributed by atoms with van der Waals surface area (Å²) in [5.74, 6) is 0.741. The van der Waals surface area contributed by atoms with Crippen molar-refractivity contribution in [2.24, 2.45) is 0 Å². The molecule has 25 heavy (non-hydrogen) atoms. The van der Waals surface area contributed by atoms with Gasteiger partial charge in [0.1, 0.15) is 5.82 Å². The molecule has 1 aliphatic heterocycles. The molecule has 1 fully saturated rings. The first-order valence-electron chi connectivity index (χ1n) is 8.46. The van der Waals surface area contributed by atoms with Crippen LogP contribution in [0.1, 0.15) is 33.3 Å². The Balaban J connectivity index is 1.78. The fourth-order valence-corrected chi connectivity index (χ4v) is 3.09. The lowest BCUT2D eigenvalue weighted by atomic mass is 9.80. The summed E-state index contributed by atoms with van der Waals surface area (Å²) >= 11 is 6.50. The molecular weight excluding hydrogens is 334 g/mol. The zero-order chi connectivity index (χ0) is 18.2. The lowest BCUT2D eigenvalue weighted by molar-refractivity contribution is 0.00578. The molecule has 0 N–H and O–H groups in total. The van der Waals surface area contributed by atoms with Crippen molar-refractivity contribution >= 4 is 30.0 Å². The number of halogens is 1. The molecule has 1 aromatic carbocycles. The molecule has 132 valence electrons. The highest BCUT2D eigenvalue weighted by Crippen LogP contribution is 2.36. The minimum atomic E-state index is -0.455. The summed E-state index contributed by atoms with van der Waals surface area (Å²) in [5.41, 5.74) is 1.28. The number of aromatic nitrogens is 1. The van der Waals surface area contributed by atoms with Crippen molar-refractivity contribution in [3.05, 3.63) is 53.2 Å². The summed E-state index contributed by atoms with van der Waals surface area (Å²) in [5, 5.41) is 0.589. The van der Waals surface area contributed by atoms with Crippen molar-refractivity contribution in [1.82, 2.24) is 4.98 Å². The molecule has 0 saturated carbocycles. The van der Waals surface area contributed by atoms with Gasteiger partial charge in [-0.1, -0.05) is 41.9 Å². The van der Waals surface area contributed by atoms with Gasteiger partial charge in [0, 0.05) is 25.3 Å². The molecule has 3 rings (SSSR count). The van der Waals surface area contributed by atoms with Crippen molar-refractivity contribution in [3.63, 3.8) is 0 Å². The number of hydrogen-bond acceptors (Lipinski definition) is 4. The van der Waals surface area contributed by atoms with E-state index in [1.807, 2.05) is 63.9 Å². The Hall–Kier alpha value is -1.56. The molecule has 0 bridgehead atoms. The van der Waals surface area contributed by atoms with E-state index in [2.05, 4.69) is 17.1 Å². The molecule has 1 aromatic heterocycles. The van der Waals surface area contributed by atoms with Crippen molar-refractivity contribution in [2.45, 2.75) is 45.4 Å². The van der Waals surface area contributed by atoms with Gasteiger partial charge in [0.25, 0.3) is 0 Å². The largest absolute Gasteiger partial charge is 0.496 e. The number of benzene rings is 1. The third kappa shape index (κ3) is 3.69. The van der Waals surface area contributed by atoms with Crippen molar-refractivity contribution < 1.29 is 9.31 Å². The maximum Gasteiger partial charge on any atom is 0.496 e. The second kappa shape index (κ2) is 6.63. The van der Waals surface area contributed by atoms with E-state index in [9.17, 15) is 0 Å². The Morgan fingerprint density at radius 2 is 1.68 bits per heavy atom. The van der Waals surface area contributed by atoms with Crippen LogP contribution in [0, 0.1) is 0 Å². The van der Waals surface area contributed by atoms with Crippen LogP contribution in [0.3, 0.4) is 0 Å². The van der Waals surface area contributed by atoms with Crippen LogP contribution in [0.2, 0.25) is 5.02 Å². The molecule has 0 unspecified atom stereocenters. The lowest BCUT2D eigenvalue weighted by Crippen LogP contribution is -2.41. The minimum Gasteiger partial charge on any atom is -0.399 e. The van der Waals surface area contributed by atoms with Gasteiger partial charge in [-0.2, -0.15) is 0 Å². The molecule has 0 aliphatic carbocycles. The number of nitrogens with zero attached hydrogens (tertiary/aromatic N) is 2. The van der Waals surface area contributed by atoms with E-state index in [0.29, 0.717) is 5.02 Å². The fourth-order valence-electron chi connectivity index (χ4n) is 2.77. The summed E-state index contributed by atoms with van der Waals surface area (Å²) in [7, 11) is 1.53. The van der Waals surface area contributed by atoms with E-state index < -0.39 is 7.12 Å². The van der Waals surface area contributed by atoms with E-state index in [1.54, 1.807) is 6.20 Å². The van der Waals surface area contributed by atoms with Gasteiger partial charge in [-0.15, -0.1) is 0 Å². The normalized spacial score (nSPS) is 18.4. The van der Waals surface area contributed by atoms with Crippen LogP contribution in [-0.4, -0.2) is 30.4 Å². The smallest absolute Gasteiger partial charge is 0.399 e. The highest BCUT2D eigenvalue weighted by atomic mass is 35.5. The number of rotatable bonds is 4. The molecule has 1 saturated heterocycles. The van der Waals surface area contributed by atoms with E-state index in [4.69, 9.17) is 20.9 Å². The Morgan fingerprint density at radius 3 is 2.24 bits per heavy atom.